The topological polar surface area (TPSA) is 49.9 Å². The number of benzene rings is 2. The average Bonchev–Trinajstić information content (AvgIpc) is 3.56. The molecule has 5 heteroatoms. The first-order valence-corrected chi connectivity index (χ1v) is 10.1. The zero-order valence-electron chi connectivity index (χ0n) is 15.8. The minimum atomic E-state index is -0.545. The van der Waals surface area contributed by atoms with E-state index >= 15 is 0 Å². The van der Waals surface area contributed by atoms with E-state index in [0.717, 1.165) is 30.0 Å². The van der Waals surface area contributed by atoms with Gasteiger partial charge in [0.1, 0.15) is 11.4 Å². The predicted molar refractivity (Wildman–Crippen MR) is 107 cm³/mol. The Morgan fingerprint density at radius 3 is 2.36 bits per heavy atom. The molecule has 3 aliphatic rings. The fraction of sp³-hybridized carbons (Fsp3) is 0.391. The number of hydrogen-bond donors (Lipinski definition) is 0. The lowest BCUT2D eigenvalue weighted by Crippen LogP contribution is -2.51. The summed E-state index contributed by atoms with van der Waals surface area (Å²) in [6.45, 7) is 1.33. The van der Waals surface area contributed by atoms with Gasteiger partial charge in [-0.1, -0.05) is 30.3 Å². The fourth-order valence-corrected chi connectivity index (χ4v) is 4.35. The first-order valence-electron chi connectivity index (χ1n) is 10.1. The van der Waals surface area contributed by atoms with Crippen LogP contribution in [-0.4, -0.2) is 35.4 Å². The summed E-state index contributed by atoms with van der Waals surface area (Å²) in [7, 11) is 0. The van der Waals surface area contributed by atoms with E-state index in [1.165, 1.54) is 0 Å². The van der Waals surface area contributed by atoms with Gasteiger partial charge >= 0.3 is 0 Å². The van der Waals surface area contributed by atoms with E-state index < -0.39 is 5.60 Å². The summed E-state index contributed by atoms with van der Waals surface area (Å²) in [6, 6.07) is 17.5. The minimum Gasteiger partial charge on any atom is -0.484 e. The standard InChI is InChI=1S/C23H24N2O3/c26-21-16-23(12-14-24(15-13-23)22(27)17-10-11-17)28-20-9-5-4-8-19(20)25(21)18-6-2-1-3-7-18/h1-9,17H,10-16H2. The monoisotopic (exact) mass is 376 g/mol. The van der Waals surface area contributed by atoms with Crippen LogP contribution in [0.3, 0.4) is 0 Å². The summed E-state index contributed by atoms with van der Waals surface area (Å²) in [4.78, 5) is 29.5. The Balaban J connectivity index is 1.45. The van der Waals surface area contributed by atoms with Crippen LogP contribution in [0, 0.1) is 5.92 Å². The van der Waals surface area contributed by atoms with Gasteiger partial charge in [0.15, 0.2) is 0 Å². The SMILES string of the molecule is O=C(C1CC1)N1CCC2(CC1)CC(=O)N(c1ccccc1)c1ccccc1O2. The van der Waals surface area contributed by atoms with Crippen LogP contribution in [0.5, 0.6) is 5.75 Å². The molecule has 0 atom stereocenters. The van der Waals surface area contributed by atoms with E-state index in [1.54, 1.807) is 4.90 Å². The summed E-state index contributed by atoms with van der Waals surface area (Å²) in [6.07, 6.45) is 3.74. The molecule has 2 aliphatic heterocycles. The van der Waals surface area contributed by atoms with Crippen molar-refractivity contribution in [3.8, 4) is 5.75 Å². The van der Waals surface area contributed by atoms with Crippen LogP contribution in [-0.2, 0) is 9.59 Å². The number of nitrogens with zero attached hydrogens (tertiary/aromatic N) is 2. The number of anilines is 2. The summed E-state index contributed by atoms with van der Waals surface area (Å²) < 4.78 is 6.51. The van der Waals surface area contributed by atoms with Crippen LogP contribution in [0.2, 0.25) is 0 Å². The van der Waals surface area contributed by atoms with Crippen molar-refractivity contribution in [1.29, 1.82) is 0 Å². The van der Waals surface area contributed by atoms with Gasteiger partial charge in [-0.15, -0.1) is 0 Å². The average molecular weight is 376 g/mol. The van der Waals surface area contributed by atoms with Crippen LogP contribution in [0.1, 0.15) is 32.1 Å². The predicted octanol–water partition coefficient (Wildman–Crippen LogP) is 3.91. The first kappa shape index (κ1) is 17.3. The Kier molecular flexibility index (Phi) is 4.11. The lowest BCUT2D eigenvalue weighted by atomic mass is 9.87. The molecule has 2 fully saturated rings. The Morgan fingerprint density at radius 2 is 1.64 bits per heavy atom. The van der Waals surface area contributed by atoms with Crippen molar-refractivity contribution in [2.75, 3.05) is 18.0 Å². The van der Waals surface area contributed by atoms with Crippen LogP contribution in [0.15, 0.2) is 54.6 Å². The van der Waals surface area contributed by atoms with Crippen molar-refractivity contribution >= 4 is 23.2 Å². The van der Waals surface area contributed by atoms with Gasteiger partial charge in [0, 0.05) is 37.5 Å². The molecule has 1 aliphatic carbocycles. The normalized spacial score (nSPS) is 21.1. The first-order chi connectivity index (χ1) is 13.7. The second-order valence-electron chi connectivity index (χ2n) is 8.09. The number of para-hydroxylation sites is 3. The van der Waals surface area contributed by atoms with Crippen molar-refractivity contribution in [3.63, 3.8) is 0 Å². The number of amides is 2. The fourth-order valence-electron chi connectivity index (χ4n) is 4.35. The largest absolute Gasteiger partial charge is 0.484 e. The number of carbonyl (C=O) groups is 2. The maximum absolute atomic E-state index is 13.3. The molecule has 5 nitrogen and oxygen atoms in total. The van der Waals surface area contributed by atoms with E-state index in [0.29, 0.717) is 32.4 Å². The highest BCUT2D eigenvalue weighted by molar-refractivity contribution is 6.03. The molecular weight excluding hydrogens is 352 g/mol. The molecule has 0 N–H and O–H groups in total. The smallest absolute Gasteiger partial charge is 0.235 e. The third-order valence-electron chi connectivity index (χ3n) is 6.08. The van der Waals surface area contributed by atoms with Crippen molar-refractivity contribution in [1.82, 2.24) is 4.90 Å². The van der Waals surface area contributed by atoms with Gasteiger partial charge in [0.25, 0.3) is 0 Å². The maximum Gasteiger partial charge on any atom is 0.235 e. The number of ether oxygens (including phenoxy) is 1. The molecule has 1 spiro atoms. The summed E-state index contributed by atoms with van der Waals surface area (Å²) in [5.41, 5.74) is 1.09. The van der Waals surface area contributed by atoms with E-state index in [1.807, 2.05) is 59.5 Å². The van der Waals surface area contributed by atoms with E-state index in [9.17, 15) is 9.59 Å². The molecule has 5 rings (SSSR count). The van der Waals surface area contributed by atoms with Crippen LogP contribution >= 0.6 is 0 Å². The molecule has 1 saturated carbocycles. The quantitative estimate of drug-likeness (QED) is 0.799. The van der Waals surface area contributed by atoms with Gasteiger partial charge in [-0.3, -0.25) is 14.5 Å². The number of fused-ring (bicyclic) bond motifs is 1. The van der Waals surface area contributed by atoms with Gasteiger partial charge in [-0.2, -0.15) is 0 Å². The van der Waals surface area contributed by atoms with Gasteiger partial charge in [0.05, 0.1) is 12.1 Å². The summed E-state index contributed by atoms with van der Waals surface area (Å²) in [5.74, 6) is 1.29. The number of carbonyl (C=O) groups excluding carboxylic acids is 2. The van der Waals surface area contributed by atoms with Crippen molar-refractivity contribution in [3.05, 3.63) is 54.6 Å². The second-order valence-corrected chi connectivity index (χ2v) is 8.09. The Morgan fingerprint density at radius 1 is 0.964 bits per heavy atom. The van der Waals surface area contributed by atoms with E-state index in [4.69, 9.17) is 4.74 Å². The highest BCUT2D eigenvalue weighted by Crippen LogP contribution is 2.44. The van der Waals surface area contributed by atoms with Crippen molar-refractivity contribution < 1.29 is 14.3 Å². The van der Waals surface area contributed by atoms with Gasteiger partial charge in [-0.25, -0.2) is 0 Å². The number of rotatable bonds is 2. The maximum atomic E-state index is 13.3. The molecule has 144 valence electrons. The second kappa shape index (κ2) is 6.66. The molecule has 2 aromatic rings. The van der Waals surface area contributed by atoms with Crippen LogP contribution in [0.25, 0.3) is 0 Å². The minimum absolute atomic E-state index is 0.0399. The van der Waals surface area contributed by atoms with Gasteiger partial charge in [0.2, 0.25) is 11.8 Å². The van der Waals surface area contributed by atoms with E-state index in [2.05, 4.69) is 0 Å². The Labute approximate surface area is 164 Å². The van der Waals surface area contributed by atoms with Gasteiger partial charge in [-0.05, 0) is 37.1 Å². The summed E-state index contributed by atoms with van der Waals surface area (Å²) >= 11 is 0. The number of likely N-dealkylation sites (tertiary alicyclic amines) is 1. The third-order valence-corrected chi connectivity index (χ3v) is 6.08. The third kappa shape index (κ3) is 3.05. The van der Waals surface area contributed by atoms with Crippen molar-refractivity contribution in [2.24, 2.45) is 5.92 Å². The molecule has 0 unspecified atom stereocenters. The molecule has 0 aromatic heterocycles. The molecule has 2 amide bonds. The number of piperidine rings is 1. The molecular formula is C23H24N2O3. The Hall–Kier alpha value is -2.82. The summed E-state index contributed by atoms with van der Waals surface area (Å²) in [5, 5.41) is 0. The van der Waals surface area contributed by atoms with E-state index in [-0.39, 0.29) is 17.7 Å². The highest BCUT2D eigenvalue weighted by Gasteiger charge is 2.45. The van der Waals surface area contributed by atoms with Crippen LogP contribution < -0.4 is 9.64 Å². The molecule has 1 saturated heterocycles. The van der Waals surface area contributed by atoms with Crippen molar-refractivity contribution in [2.45, 2.75) is 37.7 Å². The van der Waals surface area contributed by atoms with Crippen LogP contribution in [0.4, 0.5) is 11.4 Å². The molecule has 0 bridgehead atoms. The Bertz CT molecular complexity index is 899. The van der Waals surface area contributed by atoms with Gasteiger partial charge < -0.3 is 9.64 Å². The number of hydrogen-bond acceptors (Lipinski definition) is 3. The zero-order valence-corrected chi connectivity index (χ0v) is 15.8. The molecule has 2 heterocycles. The lowest BCUT2D eigenvalue weighted by molar-refractivity contribution is -0.136. The zero-order chi connectivity index (χ0) is 19.1. The molecule has 0 radical (unpaired) electrons. The molecule has 2 aromatic carbocycles. The lowest BCUT2D eigenvalue weighted by Gasteiger charge is -2.40. The molecule has 28 heavy (non-hydrogen) atoms. The highest BCUT2D eigenvalue weighted by atomic mass is 16.5.